The molecule has 0 N–H and O–H groups in total. The average Bonchev–Trinajstić information content (AvgIpc) is 3.02. The highest BCUT2D eigenvalue weighted by Crippen LogP contribution is 2.25. The van der Waals surface area contributed by atoms with Gasteiger partial charge in [-0.2, -0.15) is 4.73 Å². The molecule has 0 radical (unpaired) electrons. The van der Waals surface area contributed by atoms with Crippen molar-refractivity contribution in [2.45, 2.75) is 10.1 Å². The maximum atomic E-state index is 12.3. The van der Waals surface area contributed by atoms with E-state index in [9.17, 15) is 4.79 Å². The van der Waals surface area contributed by atoms with Gasteiger partial charge in [-0.25, -0.2) is 9.78 Å². The van der Waals surface area contributed by atoms with Gasteiger partial charge in [-0.1, -0.05) is 36.4 Å². The van der Waals surface area contributed by atoms with Gasteiger partial charge in [-0.3, -0.25) is 4.90 Å². The monoisotopic (exact) mass is 325 g/mol. The zero-order valence-electron chi connectivity index (χ0n) is 12.5. The van der Waals surface area contributed by atoms with Crippen LogP contribution in [0.15, 0.2) is 83.1 Å². The molecule has 3 rings (SSSR count). The minimum Gasteiger partial charge on any atom is -0.315 e. The van der Waals surface area contributed by atoms with E-state index in [1.807, 2.05) is 60.7 Å². The van der Waals surface area contributed by atoms with E-state index < -0.39 is 6.09 Å². The molecule has 0 aliphatic heterocycles. The van der Waals surface area contributed by atoms with Crippen LogP contribution in [0.25, 0.3) is 0 Å². The molecule has 2 aromatic carbocycles. The number of anilines is 1. The first-order valence-electron chi connectivity index (χ1n) is 7.01. The molecule has 1 amide bonds. The summed E-state index contributed by atoms with van der Waals surface area (Å²) in [7, 11) is 1.67. The molecule has 23 heavy (non-hydrogen) atoms. The molecule has 5 nitrogen and oxygen atoms in total. The van der Waals surface area contributed by atoms with E-state index >= 15 is 0 Å². The highest BCUT2D eigenvalue weighted by molar-refractivity contribution is 7.99. The maximum Gasteiger partial charge on any atom is 0.438 e. The maximum absolute atomic E-state index is 12.3. The fourth-order valence-corrected chi connectivity index (χ4v) is 2.72. The summed E-state index contributed by atoms with van der Waals surface area (Å²) >= 11 is 1.43. The molecule has 0 unspecified atom stereocenters. The molecule has 0 aliphatic carbocycles. The molecule has 1 heterocycles. The molecule has 0 atom stereocenters. The Morgan fingerprint density at radius 1 is 1.09 bits per heavy atom. The molecule has 1 aromatic heterocycles. The van der Waals surface area contributed by atoms with Crippen LogP contribution in [-0.2, 0) is 0 Å². The number of hydrogen-bond acceptors (Lipinski definition) is 4. The van der Waals surface area contributed by atoms with Crippen molar-refractivity contribution in [3.63, 3.8) is 0 Å². The summed E-state index contributed by atoms with van der Waals surface area (Å²) in [5.74, 6) is 0. The summed E-state index contributed by atoms with van der Waals surface area (Å²) in [6.07, 6.45) is 2.73. The zero-order chi connectivity index (χ0) is 16.1. The molecule has 0 bridgehead atoms. The average molecular weight is 325 g/mol. The Bertz CT molecular complexity index is 775. The van der Waals surface area contributed by atoms with Crippen molar-refractivity contribution in [3.05, 3.63) is 73.1 Å². The molecule has 0 spiro atoms. The van der Waals surface area contributed by atoms with E-state index in [2.05, 4.69) is 4.98 Å². The summed E-state index contributed by atoms with van der Waals surface area (Å²) in [6, 6.07) is 19.1. The summed E-state index contributed by atoms with van der Waals surface area (Å²) in [5, 5.41) is 0.589. The van der Waals surface area contributed by atoms with Crippen LogP contribution in [0.4, 0.5) is 10.5 Å². The van der Waals surface area contributed by atoms with Crippen molar-refractivity contribution in [2.24, 2.45) is 0 Å². The minimum absolute atomic E-state index is 0.482. The quantitative estimate of drug-likeness (QED) is 0.733. The van der Waals surface area contributed by atoms with Crippen molar-refractivity contribution >= 4 is 23.5 Å². The van der Waals surface area contributed by atoms with Gasteiger partial charge in [0.2, 0.25) is 5.16 Å². The Hall–Kier alpha value is -2.73. The number of rotatable bonds is 4. The van der Waals surface area contributed by atoms with Crippen LogP contribution in [-0.4, -0.2) is 22.9 Å². The first-order chi connectivity index (χ1) is 11.2. The first-order valence-corrected chi connectivity index (χ1v) is 7.83. The molecule has 0 saturated carbocycles. The standard InChI is InChI=1S/C17H15N3O2S/c1-19(14-8-4-2-5-9-14)17(21)22-20-13-12-18-16(20)23-15-10-6-3-7-11-15/h2-13H,1H3. The van der Waals surface area contributed by atoms with E-state index in [1.54, 1.807) is 19.4 Å². The van der Waals surface area contributed by atoms with Gasteiger partial charge in [0, 0.05) is 23.8 Å². The summed E-state index contributed by atoms with van der Waals surface area (Å²) in [6.45, 7) is 0. The number of benzene rings is 2. The van der Waals surface area contributed by atoms with Gasteiger partial charge >= 0.3 is 6.09 Å². The van der Waals surface area contributed by atoms with Gasteiger partial charge in [-0.05, 0) is 36.0 Å². The SMILES string of the molecule is CN(C(=O)On1ccnc1Sc1ccccc1)c1ccccc1. The van der Waals surface area contributed by atoms with E-state index in [4.69, 9.17) is 4.84 Å². The second-order valence-electron chi connectivity index (χ2n) is 4.70. The molecule has 0 saturated heterocycles. The number of para-hydroxylation sites is 1. The van der Waals surface area contributed by atoms with Crippen molar-refractivity contribution in [2.75, 3.05) is 11.9 Å². The third-order valence-electron chi connectivity index (χ3n) is 3.12. The Kier molecular flexibility index (Phi) is 4.63. The third-order valence-corrected chi connectivity index (χ3v) is 4.10. The van der Waals surface area contributed by atoms with E-state index in [0.717, 1.165) is 10.6 Å². The number of amides is 1. The summed E-state index contributed by atoms with van der Waals surface area (Å²) in [4.78, 5) is 24.3. The lowest BCUT2D eigenvalue weighted by atomic mass is 10.3. The third kappa shape index (κ3) is 3.73. The van der Waals surface area contributed by atoms with Crippen LogP contribution >= 0.6 is 11.8 Å². The van der Waals surface area contributed by atoms with Crippen LogP contribution in [0.5, 0.6) is 0 Å². The number of carbonyl (C=O) groups excluding carboxylic acids is 1. The Morgan fingerprint density at radius 3 is 2.43 bits per heavy atom. The van der Waals surface area contributed by atoms with Crippen molar-refractivity contribution in [1.82, 2.24) is 9.71 Å². The minimum atomic E-state index is -0.482. The first kappa shape index (κ1) is 15.2. The highest BCUT2D eigenvalue weighted by Gasteiger charge is 2.15. The second-order valence-corrected chi connectivity index (χ2v) is 5.74. The molecule has 0 fully saturated rings. The Balaban J connectivity index is 1.71. The van der Waals surface area contributed by atoms with Gasteiger partial charge < -0.3 is 4.84 Å². The van der Waals surface area contributed by atoms with Crippen LogP contribution in [0.3, 0.4) is 0 Å². The lowest BCUT2D eigenvalue weighted by Crippen LogP contribution is -2.34. The summed E-state index contributed by atoms with van der Waals surface area (Å²) in [5.41, 5.74) is 0.759. The molecule has 3 aromatic rings. The van der Waals surface area contributed by atoms with Crippen LogP contribution in [0.1, 0.15) is 0 Å². The van der Waals surface area contributed by atoms with E-state index in [-0.39, 0.29) is 0 Å². The number of aromatic nitrogens is 2. The Labute approximate surface area is 138 Å². The number of nitrogens with zero attached hydrogens (tertiary/aromatic N) is 3. The lowest BCUT2D eigenvalue weighted by molar-refractivity contribution is 0.129. The molecule has 116 valence electrons. The topological polar surface area (TPSA) is 47.4 Å². The predicted molar refractivity (Wildman–Crippen MR) is 89.6 cm³/mol. The normalized spacial score (nSPS) is 10.3. The van der Waals surface area contributed by atoms with Gasteiger partial charge in [0.1, 0.15) is 0 Å². The van der Waals surface area contributed by atoms with E-state index in [1.165, 1.54) is 21.4 Å². The number of hydrogen-bond donors (Lipinski definition) is 0. The molecular formula is C17H15N3O2S. The fourth-order valence-electron chi connectivity index (χ4n) is 1.92. The van der Waals surface area contributed by atoms with Crippen LogP contribution in [0.2, 0.25) is 0 Å². The number of imidazole rings is 1. The van der Waals surface area contributed by atoms with Crippen molar-refractivity contribution in [3.8, 4) is 0 Å². The van der Waals surface area contributed by atoms with Gasteiger partial charge in [-0.15, -0.1) is 0 Å². The van der Waals surface area contributed by atoms with Gasteiger partial charge in [0.15, 0.2) is 0 Å². The molecule has 6 heteroatoms. The highest BCUT2D eigenvalue weighted by atomic mass is 32.2. The van der Waals surface area contributed by atoms with Crippen LogP contribution in [0, 0.1) is 0 Å². The molecular weight excluding hydrogens is 310 g/mol. The number of carbonyl (C=O) groups is 1. The lowest BCUT2D eigenvalue weighted by Gasteiger charge is -2.17. The molecule has 0 aliphatic rings. The van der Waals surface area contributed by atoms with Crippen molar-refractivity contribution in [1.29, 1.82) is 0 Å². The predicted octanol–water partition coefficient (Wildman–Crippen LogP) is 3.72. The smallest absolute Gasteiger partial charge is 0.315 e. The second kappa shape index (κ2) is 7.02. The Morgan fingerprint density at radius 2 is 1.74 bits per heavy atom. The fraction of sp³-hybridized carbons (Fsp3) is 0.0588. The van der Waals surface area contributed by atoms with Gasteiger partial charge in [0.05, 0.1) is 6.20 Å². The zero-order valence-corrected chi connectivity index (χ0v) is 13.3. The summed E-state index contributed by atoms with van der Waals surface area (Å²) < 4.78 is 1.37. The largest absolute Gasteiger partial charge is 0.438 e. The van der Waals surface area contributed by atoms with E-state index in [0.29, 0.717) is 5.16 Å². The van der Waals surface area contributed by atoms with Gasteiger partial charge in [0.25, 0.3) is 0 Å². The van der Waals surface area contributed by atoms with Crippen molar-refractivity contribution < 1.29 is 9.63 Å². The van der Waals surface area contributed by atoms with Crippen LogP contribution < -0.4 is 9.74 Å².